The maximum Gasteiger partial charge on any atom is 0.135 e. The fourth-order valence-corrected chi connectivity index (χ4v) is 1.11. The fraction of sp³-hybridized carbons (Fsp3) is 0.556. The second kappa shape index (κ2) is 5.06. The van der Waals surface area contributed by atoms with Gasteiger partial charge in [-0.05, 0) is 6.92 Å². The average molecular weight is 228 g/mol. The van der Waals surface area contributed by atoms with Crippen molar-refractivity contribution in [1.82, 2.24) is 9.97 Å². The Morgan fingerprint density at radius 2 is 1.81 bits per heavy atom. The summed E-state index contributed by atoms with van der Waals surface area (Å²) in [7, 11) is 0. The summed E-state index contributed by atoms with van der Waals surface area (Å²) in [5.41, 5.74) is 4.97. The number of nitrogens with one attached hydrogen (secondary N) is 1. The van der Waals surface area contributed by atoms with E-state index in [0.29, 0.717) is 17.2 Å². The molecule has 0 atom stereocenters. The lowest BCUT2D eigenvalue weighted by atomic mass is 10.0. The van der Waals surface area contributed by atoms with Crippen LogP contribution >= 0.6 is 0 Å². The summed E-state index contributed by atoms with van der Waals surface area (Å²) >= 11 is 0. The number of rotatable bonds is 5. The molecule has 0 aliphatic rings. The van der Waals surface area contributed by atoms with Crippen LogP contribution in [0.3, 0.4) is 0 Å². The van der Waals surface area contributed by atoms with Crippen LogP contribution in [0.5, 0.6) is 0 Å². The van der Waals surface area contributed by atoms with Crippen LogP contribution in [0.4, 0.5) is 11.6 Å². The van der Waals surface area contributed by atoms with Crippen molar-refractivity contribution in [1.29, 1.82) is 0 Å². The first-order chi connectivity index (χ1) is 7.58. The van der Waals surface area contributed by atoms with Gasteiger partial charge in [0.1, 0.15) is 23.5 Å². The number of nitrogens with zero attached hydrogens (tertiary/aromatic N) is 2. The number of hydrogen-bond acceptors (Lipinski definition) is 7. The molecule has 0 amide bonds. The molecule has 0 aromatic carbocycles. The second-order valence-electron chi connectivity index (χ2n) is 3.61. The van der Waals surface area contributed by atoms with Crippen molar-refractivity contribution in [2.24, 2.45) is 0 Å². The maximum absolute atomic E-state index is 9.14. The Labute approximate surface area is 93.0 Å². The highest BCUT2D eigenvalue weighted by Gasteiger charge is 2.29. The Morgan fingerprint density at radius 3 is 2.31 bits per heavy atom. The SMILES string of the molecule is Cc1c(N)ncnc1NC(CO)(CO)CO. The van der Waals surface area contributed by atoms with E-state index < -0.39 is 25.4 Å². The minimum absolute atomic E-state index is 0.306. The normalized spacial score (nSPS) is 11.5. The first-order valence-corrected chi connectivity index (χ1v) is 4.76. The van der Waals surface area contributed by atoms with Gasteiger partial charge in [0.15, 0.2) is 0 Å². The summed E-state index contributed by atoms with van der Waals surface area (Å²) in [5.74, 6) is 0.685. The molecule has 90 valence electrons. The average Bonchev–Trinajstić information content (AvgIpc) is 2.32. The molecule has 7 nitrogen and oxygen atoms in total. The second-order valence-corrected chi connectivity index (χ2v) is 3.61. The van der Waals surface area contributed by atoms with E-state index >= 15 is 0 Å². The Balaban J connectivity index is 2.98. The molecule has 6 N–H and O–H groups in total. The van der Waals surface area contributed by atoms with Gasteiger partial charge in [-0.25, -0.2) is 9.97 Å². The van der Waals surface area contributed by atoms with Crippen LogP contribution in [0, 0.1) is 6.92 Å². The molecule has 1 aromatic heterocycles. The van der Waals surface area contributed by atoms with Gasteiger partial charge in [0.05, 0.1) is 19.8 Å². The van der Waals surface area contributed by atoms with Gasteiger partial charge >= 0.3 is 0 Å². The minimum Gasteiger partial charge on any atom is -0.394 e. The van der Waals surface area contributed by atoms with Crippen molar-refractivity contribution in [2.75, 3.05) is 30.9 Å². The van der Waals surface area contributed by atoms with E-state index in [4.69, 9.17) is 21.1 Å². The summed E-state index contributed by atoms with van der Waals surface area (Å²) in [4.78, 5) is 7.72. The highest BCUT2D eigenvalue weighted by molar-refractivity contribution is 5.55. The van der Waals surface area contributed by atoms with E-state index in [1.807, 2.05) is 0 Å². The minimum atomic E-state index is -1.22. The van der Waals surface area contributed by atoms with Gasteiger partial charge in [0.2, 0.25) is 0 Å². The van der Waals surface area contributed by atoms with Crippen LogP contribution in [-0.4, -0.2) is 50.6 Å². The van der Waals surface area contributed by atoms with E-state index in [-0.39, 0.29) is 0 Å². The van der Waals surface area contributed by atoms with Gasteiger partial charge in [-0.15, -0.1) is 0 Å². The predicted octanol–water partition coefficient (Wildman–Crippen LogP) is -1.51. The molecule has 1 rings (SSSR count). The molecule has 1 heterocycles. The highest BCUT2D eigenvalue weighted by atomic mass is 16.3. The molecule has 0 aliphatic heterocycles. The Kier molecular flexibility index (Phi) is 3.99. The molecule has 0 fully saturated rings. The quantitative estimate of drug-likeness (QED) is 0.415. The van der Waals surface area contributed by atoms with Crippen LogP contribution in [0.15, 0.2) is 6.33 Å². The van der Waals surface area contributed by atoms with Crippen LogP contribution < -0.4 is 11.1 Å². The van der Waals surface area contributed by atoms with Crippen LogP contribution in [-0.2, 0) is 0 Å². The van der Waals surface area contributed by atoms with Gasteiger partial charge in [0, 0.05) is 5.56 Å². The van der Waals surface area contributed by atoms with E-state index in [2.05, 4.69) is 15.3 Å². The van der Waals surface area contributed by atoms with E-state index in [9.17, 15) is 0 Å². The smallest absolute Gasteiger partial charge is 0.135 e. The van der Waals surface area contributed by atoms with Crippen molar-refractivity contribution in [3.8, 4) is 0 Å². The third-order valence-electron chi connectivity index (χ3n) is 2.41. The lowest BCUT2D eigenvalue weighted by Gasteiger charge is -2.29. The van der Waals surface area contributed by atoms with Crippen molar-refractivity contribution in [3.05, 3.63) is 11.9 Å². The largest absolute Gasteiger partial charge is 0.394 e. The van der Waals surface area contributed by atoms with E-state index in [1.165, 1.54) is 6.33 Å². The molecule has 0 spiro atoms. The maximum atomic E-state index is 9.14. The summed E-state index contributed by atoms with van der Waals surface area (Å²) in [6.07, 6.45) is 1.27. The van der Waals surface area contributed by atoms with Crippen LogP contribution in [0.1, 0.15) is 5.56 Å². The van der Waals surface area contributed by atoms with Gasteiger partial charge in [-0.2, -0.15) is 0 Å². The lowest BCUT2D eigenvalue weighted by Crippen LogP contribution is -2.49. The zero-order chi connectivity index (χ0) is 12.2. The molecule has 0 unspecified atom stereocenters. The number of hydrogen-bond donors (Lipinski definition) is 5. The van der Waals surface area contributed by atoms with Gasteiger partial charge in [-0.3, -0.25) is 0 Å². The standard InChI is InChI=1S/C9H16N4O3/c1-6-7(10)11-5-12-8(6)13-9(2-14,3-15)4-16/h5,14-16H,2-4H2,1H3,(H3,10,11,12,13). The van der Waals surface area contributed by atoms with Crippen molar-refractivity contribution < 1.29 is 15.3 Å². The summed E-state index contributed by atoms with van der Waals surface area (Å²) in [6.45, 7) is 0.421. The summed E-state index contributed by atoms with van der Waals surface area (Å²) in [5, 5.41) is 30.2. The highest BCUT2D eigenvalue weighted by Crippen LogP contribution is 2.19. The van der Waals surface area contributed by atoms with Gasteiger partial charge < -0.3 is 26.4 Å². The number of nitrogen functional groups attached to an aromatic ring is 1. The van der Waals surface area contributed by atoms with Gasteiger partial charge in [0.25, 0.3) is 0 Å². The Bertz CT molecular complexity index is 346. The van der Waals surface area contributed by atoms with Crippen LogP contribution in [0.25, 0.3) is 0 Å². The number of aliphatic hydroxyl groups excluding tert-OH is 3. The Hall–Kier alpha value is -1.44. The number of aliphatic hydroxyl groups is 3. The topological polar surface area (TPSA) is 125 Å². The lowest BCUT2D eigenvalue weighted by molar-refractivity contribution is 0.0830. The number of aromatic nitrogens is 2. The monoisotopic (exact) mass is 228 g/mol. The molecular weight excluding hydrogens is 212 g/mol. The Morgan fingerprint density at radius 1 is 1.25 bits per heavy atom. The number of anilines is 2. The van der Waals surface area contributed by atoms with Crippen LogP contribution in [0.2, 0.25) is 0 Å². The molecule has 0 aliphatic carbocycles. The molecule has 16 heavy (non-hydrogen) atoms. The molecule has 0 saturated heterocycles. The molecule has 0 radical (unpaired) electrons. The molecule has 0 bridgehead atoms. The zero-order valence-electron chi connectivity index (χ0n) is 9.01. The van der Waals surface area contributed by atoms with Crippen molar-refractivity contribution >= 4 is 11.6 Å². The molecule has 0 saturated carbocycles. The summed E-state index contributed by atoms with van der Waals surface area (Å²) < 4.78 is 0. The van der Waals surface area contributed by atoms with E-state index in [0.717, 1.165) is 0 Å². The predicted molar refractivity (Wildman–Crippen MR) is 58.8 cm³/mol. The number of nitrogens with two attached hydrogens (primary N) is 1. The summed E-state index contributed by atoms with van der Waals surface area (Å²) in [6, 6.07) is 0. The van der Waals surface area contributed by atoms with Crippen molar-refractivity contribution in [3.63, 3.8) is 0 Å². The van der Waals surface area contributed by atoms with Gasteiger partial charge in [-0.1, -0.05) is 0 Å². The van der Waals surface area contributed by atoms with E-state index in [1.54, 1.807) is 6.92 Å². The third kappa shape index (κ3) is 2.38. The first kappa shape index (κ1) is 12.6. The molecule has 1 aromatic rings. The third-order valence-corrected chi connectivity index (χ3v) is 2.41. The zero-order valence-corrected chi connectivity index (χ0v) is 9.01. The molecular formula is C9H16N4O3. The first-order valence-electron chi connectivity index (χ1n) is 4.76. The fourth-order valence-electron chi connectivity index (χ4n) is 1.11. The van der Waals surface area contributed by atoms with Crippen molar-refractivity contribution in [2.45, 2.75) is 12.5 Å². The molecule has 7 heteroatoms.